The molecular weight excluding hydrogens is 385 g/mol. The highest BCUT2D eigenvalue weighted by Gasteiger charge is 2.30. The Balaban J connectivity index is 1.84. The Labute approximate surface area is 163 Å². The van der Waals surface area contributed by atoms with Crippen molar-refractivity contribution in [2.75, 3.05) is 6.61 Å². The van der Waals surface area contributed by atoms with Crippen molar-refractivity contribution in [2.45, 2.75) is 19.5 Å². The molecule has 10 heteroatoms. The minimum absolute atomic E-state index is 0.469. The summed E-state index contributed by atoms with van der Waals surface area (Å²) < 4.78 is 47.8. The predicted molar refractivity (Wildman–Crippen MR) is 99.2 cm³/mol. The summed E-state index contributed by atoms with van der Waals surface area (Å²) in [5.74, 6) is 0.947. The highest BCUT2D eigenvalue weighted by molar-refractivity contribution is 5.78. The van der Waals surface area contributed by atoms with Crippen LogP contribution in [0, 0.1) is 0 Å². The molecule has 0 N–H and O–H groups in total. The van der Waals surface area contributed by atoms with Crippen molar-refractivity contribution in [2.24, 2.45) is 7.05 Å². The van der Waals surface area contributed by atoms with E-state index in [1.165, 1.54) is 12.1 Å². The second kappa shape index (κ2) is 7.19. The summed E-state index contributed by atoms with van der Waals surface area (Å²) >= 11 is 0. The van der Waals surface area contributed by atoms with E-state index in [4.69, 9.17) is 4.74 Å². The maximum atomic E-state index is 12.9. The Hall–Kier alpha value is -3.43. The van der Waals surface area contributed by atoms with E-state index < -0.39 is 11.7 Å². The quantitative estimate of drug-likeness (QED) is 0.505. The smallest absolute Gasteiger partial charge is 0.416 e. The van der Waals surface area contributed by atoms with Crippen molar-refractivity contribution >= 4 is 5.65 Å². The van der Waals surface area contributed by atoms with Crippen LogP contribution in [0.15, 0.2) is 42.9 Å². The van der Waals surface area contributed by atoms with Gasteiger partial charge in [0.25, 0.3) is 0 Å². The molecule has 29 heavy (non-hydrogen) atoms. The van der Waals surface area contributed by atoms with E-state index in [2.05, 4.69) is 20.3 Å². The standard InChI is InChI=1S/C19H17F3N6O/c1-3-8-29-16-11-23-10-15-25-26-18(28(15)16)14-9-24-27(2)17(14)12-4-6-13(7-5-12)19(20,21)22/h4-7,9-11H,3,8H2,1-2H3. The Morgan fingerprint density at radius 2 is 1.79 bits per heavy atom. The van der Waals surface area contributed by atoms with Gasteiger partial charge < -0.3 is 4.74 Å². The van der Waals surface area contributed by atoms with Gasteiger partial charge in [-0.05, 0) is 18.6 Å². The van der Waals surface area contributed by atoms with E-state index >= 15 is 0 Å². The third-order valence-corrected chi connectivity index (χ3v) is 4.40. The van der Waals surface area contributed by atoms with E-state index in [9.17, 15) is 13.2 Å². The molecule has 4 aromatic rings. The van der Waals surface area contributed by atoms with Crippen LogP contribution >= 0.6 is 0 Å². The van der Waals surface area contributed by atoms with E-state index in [0.29, 0.717) is 40.8 Å². The Bertz CT molecular complexity index is 1150. The molecular formula is C19H17F3N6O. The monoisotopic (exact) mass is 402 g/mol. The van der Waals surface area contributed by atoms with Crippen LogP contribution in [0.4, 0.5) is 13.2 Å². The summed E-state index contributed by atoms with van der Waals surface area (Å²) in [7, 11) is 1.72. The van der Waals surface area contributed by atoms with Crippen molar-refractivity contribution in [3.05, 3.63) is 48.4 Å². The minimum atomic E-state index is -4.39. The number of ether oxygens (including phenoxy) is 1. The van der Waals surface area contributed by atoms with Gasteiger partial charge in [0, 0.05) is 12.6 Å². The average Bonchev–Trinajstić information content (AvgIpc) is 3.29. The Morgan fingerprint density at radius 1 is 1.03 bits per heavy atom. The number of aryl methyl sites for hydroxylation is 1. The number of hydrogen-bond donors (Lipinski definition) is 0. The van der Waals surface area contributed by atoms with Gasteiger partial charge in [-0.1, -0.05) is 19.1 Å². The molecule has 150 valence electrons. The Morgan fingerprint density at radius 3 is 2.48 bits per heavy atom. The number of nitrogens with zero attached hydrogens (tertiary/aromatic N) is 6. The maximum Gasteiger partial charge on any atom is 0.416 e. The fourth-order valence-electron chi connectivity index (χ4n) is 3.07. The zero-order chi connectivity index (χ0) is 20.6. The first-order valence-electron chi connectivity index (χ1n) is 8.92. The van der Waals surface area contributed by atoms with Crippen LogP contribution in [-0.2, 0) is 13.2 Å². The fraction of sp³-hybridized carbons (Fsp3) is 0.263. The molecule has 0 unspecified atom stereocenters. The van der Waals surface area contributed by atoms with E-state index in [0.717, 1.165) is 18.6 Å². The van der Waals surface area contributed by atoms with Crippen LogP contribution in [0.25, 0.3) is 28.3 Å². The highest BCUT2D eigenvalue weighted by Crippen LogP contribution is 2.35. The van der Waals surface area contributed by atoms with Gasteiger partial charge in [0.1, 0.15) is 0 Å². The normalized spacial score (nSPS) is 11.9. The molecule has 1 aromatic carbocycles. The number of aromatic nitrogens is 6. The van der Waals surface area contributed by atoms with E-state index in [1.807, 2.05) is 6.92 Å². The number of hydrogen-bond acceptors (Lipinski definition) is 5. The summed E-state index contributed by atoms with van der Waals surface area (Å²) in [5.41, 5.74) is 1.60. The minimum Gasteiger partial charge on any atom is -0.477 e. The Kier molecular flexibility index (Phi) is 4.69. The van der Waals surface area contributed by atoms with Crippen molar-refractivity contribution < 1.29 is 17.9 Å². The van der Waals surface area contributed by atoms with Crippen LogP contribution in [0.5, 0.6) is 5.88 Å². The number of benzene rings is 1. The fourth-order valence-corrected chi connectivity index (χ4v) is 3.07. The zero-order valence-corrected chi connectivity index (χ0v) is 15.7. The second-order valence-corrected chi connectivity index (χ2v) is 6.42. The molecule has 0 spiro atoms. The van der Waals surface area contributed by atoms with Crippen LogP contribution in [-0.4, -0.2) is 36.0 Å². The first-order valence-corrected chi connectivity index (χ1v) is 8.92. The SMILES string of the molecule is CCCOc1cncc2nnc(-c3cnn(C)c3-c3ccc(C(F)(F)F)cc3)n12. The maximum absolute atomic E-state index is 12.9. The molecule has 0 amide bonds. The molecule has 0 aliphatic rings. The van der Waals surface area contributed by atoms with Crippen molar-refractivity contribution in [1.82, 2.24) is 29.4 Å². The van der Waals surface area contributed by atoms with Gasteiger partial charge >= 0.3 is 6.18 Å². The van der Waals surface area contributed by atoms with Gasteiger partial charge in [0.15, 0.2) is 11.5 Å². The first-order chi connectivity index (χ1) is 13.9. The van der Waals surface area contributed by atoms with Crippen LogP contribution < -0.4 is 4.74 Å². The number of fused-ring (bicyclic) bond motifs is 1. The molecule has 0 aliphatic carbocycles. The lowest BCUT2D eigenvalue weighted by molar-refractivity contribution is -0.137. The van der Waals surface area contributed by atoms with Gasteiger partial charge in [-0.2, -0.15) is 18.3 Å². The third-order valence-electron chi connectivity index (χ3n) is 4.40. The molecule has 0 saturated carbocycles. The molecule has 0 fully saturated rings. The largest absolute Gasteiger partial charge is 0.477 e. The third kappa shape index (κ3) is 3.41. The highest BCUT2D eigenvalue weighted by atomic mass is 19.4. The number of rotatable bonds is 5. The predicted octanol–water partition coefficient (Wildman–Crippen LogP) is 4.00. The molecule has 0 radical (unpaired) electrons. The van der Waals surface area contributed by atoms with E-state index in [-0.39, 0.29) is 0 Å². The lowest BCUT2D eigenvalue weighted by Gasteiger charge is -2.11. The van der Waals surface area contributed by atoms with Gasteiger partial charge in [0.05, 0.1) is 42.0 Å². The average molecular weight is 402 g/mol. The molecule has 0 aliphatic heterocycles. The molecule has 3 heterocycles. The topological polar surface area (TPSA) is 70.1 Å². The number of halogens is 3. The van der Waals surface area contributed by atoms with Gasteiger partial charge in [-0.3, -0.25) is 9.67 Å². The lowest BCUT2D eigenvalue weighted by Crippen LogP contribution is -2.05. The summed E-state index contributed by atoms with van der Waals surface area (Å²) in [6.45, 7) is 2.49. The molecule has 7 nitrogen and oxygen atoms in total. The summed E-state index contributed by atoms with van der Waals surface area (Å²) in [6, 6.07) is 4.94. The zero-order valence-electron chi connectivity index (χ0n) is 15.7. The second-order valence-electron chi connectivity index (χ2n) is 6.42. The molecule has 0 atom stereocenters. The van der Waals surface area contributed by atoms with Crippen LogP contribution in [0.3, 0.4) is 0 Å². The van der Waals surface area contributed by atoms with Gasteiger partial charge in [-0.25, -0.2) is 4.40 Å². The van der Waals surface area contributed by atoms with E-state index in [1.54, 1.807) is 34.7 Å². The van der Waals surface area contributed by atoms with Gasteiger partial charge in [0.2, 0.25) is 5.88 Å². The first kappa shape index (κ1) is 18.9. The molecule has 4 rings (SSSR count). The van der Waals surface area contributed by atoms with Crippen LogP contribution in [0.2, 0.25) is 0 Å². The van der Waals surface area contributed by atoms with Crippen molar-refractivity contribution in [3.63, 3.8) is 0 Å². The van der Waals surface area contributed by atoms with Crippen molar-refractivity contribution in [3.8, 4) is 28.5 Å². The van der Waals surface area contributed by atoms with Gasteiger partial charge in [-0.15, -0.1) is 10.2 Å². The summed E-state index contributed by atoms with van der Waals surface area (Å²) in [5, 5.41) is 12.7. The van der Waals surface area contributed by atoms with Crippen molar-refractivity contribution in [1.29, 1.82) is 0 Å². The molecule has 0 saturated heterocycles. The summed E-state index contributed by atoms with van der Waals surface area (Å²) in [6.07, 6.45) is 1.16. The molecule has 3 aromatic heterocycles. The lowest BCUT2D eigenvalue weighted by atomic mass is 10.1. The summed E-state index contributed by atoms with van der Waals surface area (Å²) in [4.78, 5) is 4.12. The van der Waals surface area contributed by atoms with Crippen LogP contribution in [0.1, 0.15) is 18.9 Å². The number of alkyl halides is 3. The molecule has 0 bridgehead atoms.